The van der Waals surface area contributed by atoms with E-state index in [-0.39, 0.29) is 10.6 Å². The molecule has 6 rings (SSSR count). The van der Waals surface area contributed by atoms with Crippen molar-refractivity contribution in [2.45, 2.75) is 50.0 Å². The first-order chi connectivity index (χ1) is 20.7. The number of carbonyl (C=O) groups is 2. The Hall–Kier alpha value is -3.69. The number of ether oxygens (including phenoxy) is 2. The molecule has 4 aromatic rings. The molecule has 226 valence electrons. The van der Waals surface area contributed by atoms with E-state index in [0.29, 0.717) is 52.8 Å². The Morgan fingerprint density at radius 1 is 1.23 bits per heavy atom. The minimum absolute atomic E-state index is 0.190. The molecule has 0 radical (unpaired) electrons. The van der Waals surface area contributed by atoms with E-state index >= 15 is 4.39 Å². The van der Waals surface area contributed by atoms with Gasteiger partial charge in [-0.2, -0.15) is 0 Å². The standard InChI is InChI=1S/C28H30ClFN8O4S/c1-28(36-33-14-37(28)2)21-11-20-18(12-31-21)34-24(15-7-4-5-8-16(15)30)38(20)19-10-6-9-17(23(19)42-27(40)41-3)35-25(39)26-32-13-22(29)43-26/h4-5,7-8,11-13,17,19,23,33,36H,6,9-10,14H2,1-3H3,(H,35,39)/t17-,19+,23+,28?/m0/s1. The van der Waals surface area contributed by atoms with E-state index in [0.717, 1.165) is 11.3 Å². The van der Waals surface area contributed by atoms with Gasteiger partial charge in [0.1, 0.15) is 33.3 Å². The molecule has 1 aliphatic carbocycles. The van der Waals surface area contributed by atoms with Crippen molar-refractivity contribution in [3.05, 3.63) is 63.6 Å². The second-order valence-electron chi connectivity index (χ2n) is 10.7. The molecule has 0 spiro atoms. The lowest BCUT2D eigenvalue weighted by atomic mass is 9.87. The number of amides is 1. The third-order valence-corrected chi connectivity index (χ3v) is 9.22. The van der Waals surface area contributed by atoms with Crippen LogP contribution in [0.3, 0.4) is 0 Å². The fourth-order valence-electron chi connectivity index (χ4n) is 5.76. The smallest absolute Gasteiger partial charge is 0.438 e. The number of hydrogen-bond acceptors (Lipinski definition) is 11. The molecule has 2 fully saturated rings. The van der Waals surface area contributed by atoms with Gasteiger partial charge in [0, 0.05) is 0 Å². The highest BCUT2D eigenvalue weighted by Crippen LogP contribution is 2.39. The first-order valence-corrected chi connectivity index (χ1v) is 14.9. The highest BCUT2D eigenvalue weighted by atomic mass is 35.5. The van der Waals surface area contributed by atoms with Crippen molar-refractivity contribution >= 4 is 46.0 Å². The minimum atomic E-state index is -0.900. The zero-order chi connectivity index (χ0) is 30.3. The molecular formula is C28H30ClFN8O4S. The number of imidazole rings is 1. The molecule has 1 saturated heterocycles. The van der Waals surface area contributed by atoms with E-state index < -0.39 is 41.7 Å². The molecule has 4 atom stereocenters. The summed E-state index contributed by atoms with van der Waals surface area (Å²) in [4.78, 5) is 41.4. The fourth-order valence-corrected chi connectivity index (χ4v) is 6.58. The summed E-state index contributed by atoms with van der Waals surface area (Å²) in [6.45, 7) is 2.60. The Bertz CT molecular complexity index is 1680. The third-order valence-electron chi connectivity index (χ3n) is 8.11. The molecule has 3 aromatic heterocycles. The highest BCUT2D eigenvalue weighted by Gasteiger charge is 2.42. The number of hydrazine groups is 1. The largest absolute Gasteiger partial charge is 0.508 e. The lowest BCUT2D eigenvalue weighted by Crippen LogP contribution is -2.51. The first-order valence-electron chi connectivity index (χ1n) is 13.7. The summed E-state index contributed by atoms with van der Waals surface area (Å²) < 4.78 is 28.3. The van der Waals surface area contributed by atoms with Gasteiger partial charge >= 0.3 is 6.16 Å². The van der Waals surface area contributed by atoms with Crippen LogP contribution in [0.1, 0.15) is 47.7 Å². The Balaban J connectivity index is 1.50. The van der Waals surface area contributed by atoms with Crippen LogP contribution in [0.4, 0.5) is 9.18 Å². The Morgan fingerprint density at radius 3 is 2.74 bits per heavy atom. The number of thiazole rings is 1. The normalized spacial score (nSPS) is 24.3. The van der Waals surface area contributed by atoms with Crippen LogP contribution in [0.15, 0.2) is 42.7 Å². The van der Waals surface area contributed by atoms with Gasteiger partial charge in [-0.3, -0.25) is 14.7 Å². The SMILES string of the molecule is COC(=O)O[C@@H]1[C@@H](NC(=O)c2ncc(Cl)s2)CCC[C@H]1n1c(-c2ccccc2F)nc2cnc(C3(C)NNCN3C)cc21. The summed E-state index contributed by atoms with van der Waals surface area (Å²) in [5, 5.41) is 3.17. The van der Waals surface area contributed by atoms with E-state index in [1.807, 2.05) is 24.6 Å². The second kappa shape index (κ2) is 11.8. The molecule has 1 aliphatic heterocycles. The zero-order valence-corrected chi connectivity index (χ0v) is 25.2. The maximum atomic E-state index is 15.3. The number of carbonyl (C=O) groups excluding carboxylic acids is 2. The van der Waals surface area contributed by atoms with Crippen molar-refractivity contribution in [3.63, 3.8) is 0 Å². The maximum Gasteiger partial charge on any atom is 0.508 e. The van der Waals surface area contributed by atoms with Crippen LogP contribution in [0.5, 0.6) is 0 Å². The van der Waals surface area contributed by atoms with Crippen molar-refractivity contribution in [3.8, 4) is 11.4 Å². The average Bonchev–Trinajstić information content (AvgIpc) is 3.70. The monoisotopic (exact) mass is 628 g/mol. The highest BCUT2D eigenvalue weighted by molar-refractivity contribution is 7.17. The number of aromatic nitrogens is 4. The third kappa shape index (κ3) is 5.45. The van der Waals surface area contributed by atoms with E-state index in [4.69, 9.17) is 31.0 Å². The number of hydrogen-bond donors (Lipinski definition) is 3. The Kier molecular flexibility index (Phi) is 8.04. The molecule has 0 bridgehead atoms. The van der Waals surface area contributed by atoms with Crippen molar-refractivity contribution in [2.75, 3.05) is 20.8 Å². The van der Waals surface area contributed by atoms with Crippen molar-refractivity contribution in [2.24, 2.45) is 0 Å². The van der Waals surface area contributed by atoms with Crippen LogP contribution in [0.25, 0.3) is 22.4 Å². The Labute approximate surface area is 255 Å². The summed E-state index contributed by atoms with van der Waals surface area (Å²) in [7, 11) is 3.19. The van der Waals surface area contributed by atoms with Crippen molar-refractivity contribution in [1.82, 2.24) is 40.6 Å². The number of rotatable bonds is 6. The van der Waals surface area contributed by atoms with Crippen LogP contribution < -0.4 is 16.2 Å². The van der Waals surface area contributed by atoms with Gasteiger partial charge in [0.2, 0.25) is 0 Å². The van der Waals surface area contributed by atoms with Gasteiger partial charge in [-0.05, 0) is 51.4 Å². The number of pyridine rings is 1. The molecule has 4 heterocycles. The number of methoxy groups -OCH3 is 1. The molecular weight excluding hydrogens is 599 g/mol. The van der Waals surface area contributed by atoms with E-state index in [2.05, 4.69) is 26.1 Å². The lowest BCUT2D eigenvalue weighted by Gasteiger charge is -2.39. The predicted molar refractivity (Wildman–Crippen MR) is 158 cm³/mol. The quantitative estimate of drug-likeness (QED) is 0.267. The van der Waals surface area contributed by atoms with Gasteiger partial charge in [-0.1, -0.05) is 35.1 Å². The van der Waals surface area contributed by atoms with Crippen LogP contribution in [-0.4, -0.2) is 69.5 Å². The number of nitrogens with one attached hydrogen (secondary N) is 3. The first kappa shape index (κ1) is 29.4. The van der Waals surface area contributed by atoms with Crippen molar-refractivity contribution in [1.29, 1.82) is 0 Å². The molecule has 2 aliphatic rings. The van der Waals surface area contributed by atoms with Crippen LogP contribution in [0.2, 0.25) is 4.34 Å². The van der Waals surface area contributed by atoms with Crippen molar-refractivity contribution < 1.29 is 23.5 Å². The average molecular weight is 629 g/mol. The summed E-state index contributed by atoms with van der Waals surface area (Å²) in [6, 6.07) is 7.14. The minimum Gasteiger partial charge on any atom is -0.438 e. The molecule has 1 saturated carbocycles. The second-order valence-corrected chi connectivity index (χ2v) is 12.3. The summed E-state index contributed by atoms with van der Waals surface area (Å²) in [6.07, 6.45) is 3.04. The van der Waals surface area contributed by atoms with E-state index in [1.165, 1.54) is 19.4 Å². The van der Waals surface area contributed by atoms with Gasteiger partial charge in [0.05, 0.1) is 55.0 Å². The number of benzene rings is 1. The molecule has 12 nitrogen and oxygen atoms in total. The number of halogens is 2. The number of nitrogens with zero attached hydrogens (tertiary/aromatic N) is 5. The van der Waals surface area contributed by atoms with Gasteiger partial charge < -0.3 is 19.4 Å². The van der Waals surface area contributed by atoms with Gasteiger partial charge in [0.25, 0.3) is 5.91 Å². The van der Waals surface area contributed by atoms with Gasteiger partial charge in [-0.25, -0.2) is 30.0 Å². The van der Waals surface area contributed by atoms with Gasteiger partial charge in [0.15, 0.2) is 5.01 Å². The summed E-state index contributed by atoms with van der Waals surface area (Å²) >= 11 is 7.06. The fraction of sp³-hybridized carbons (Fsp3) is 0.393. The molecule has 43 heavy (non-hydrogen) atoms. The molecule has 15 heteroatoms. The van der Waals surface area contributed by atoms with E-state index in [1.54, 1.807) is 24.4 Å². The molecule has 1 aromatic carbocycles. The summed E-state index contributed by atoms with van der Waals surface area (Å²) in [5.41, 5.74) is 7.98. The maximum absolute atomic E-state index is 15.3. The van der Waals surface area contributed by atoms with Crippen LogP contribution >= 0.6 is 22.9 Å². The van der Waals surface area contributed by atoms with Crippen LogP contribution in [-0.2, 0) is 15.1 Å². The summed E-state index contributed by atoms with van der Waals surface area (Å²) in [5.74, 6) is -0.536. The molecule has 1 unspecified atom stereocenters. The topological polar surface area (TPSA) is 136 Å². The molecule has 1 amide bonds. The van der Waals surface area contributed by atoms with Crippen LogP contribution in [0, 0.1) is 5.82 Å². The predicted octanol–water partition coefficient (Wildman–Crippen LogP) is 4.19. The van der Waals surface area contributed by atoms with Gasteiger partial charge in [-0.15, -0.1) is 0 Å². The zero-order valence-electron chi connectivity index (χ0n) is 23.6. The van der Waals surface area contributed by atoms with E-state index in [9.17, 15) is 9.59 Å². The lowest BCUT2D eigenvalue weighted by molar-refractivity contribution is -0.0145. The molecule has 3 N–H and O–H groups in total. The number of fused-ring (bicyclic) bond motifs is 1. The Morgan fingerprint density at radius 2 is 2.05 bits per heavy atom.